The Morgan fingerprint density at radius 2 is 2.03 bits per heavy atom. The highest BCUT2D eigenvalue weighted by Crippen LogP contribution is 2.42. The second-order valence-corrected chi connectivity index (χ2v) is 8.40. The molecule has 168 valence electrons. The first-order valence-electron chi connectivity index (χ1n) is 10.5. The maximum absolute atomic E-state index is 15.2. The van der Waals surface area contributed by atoms with Crippen LogP contribution in [0.25, 0.3) is 10.9 Å². The molecule has 6 nitrogen and oxygen atoms in total. The standard InChI is InChI=1S/C22H25F3N2O4/c1-31-21-18-14(20(28)15(22(29)30)10-26(18)7-6-23)8-16(24)19(21)27-9-13(17(25)11-27)5-4-12-2-3-12/h8,10,12-13,17H,2-7,9,11H2,1H3,(H,29,30)/t13-,17+/m0/s1. The normalized spacial score (nSPS) is 21.1. The molecule has 2 atom stereocenters. The molecule has 0 bridgehead atoms. The van der Waals surface area contributed by atoms with Crippen LogP contribution in [0.15, 0.2) is 17.1 Å². The first-order chi connectivity index (χ1) is 14.8. The molecule has 0 radical (unpaired) electrons. The number of rotatable bonds is 8. The number of hydrogen-bond acceptors (Lipinski definition) is 4. The van der Waals surface area contributed by atoms with E-state index in [1.54, 1.807) is 4.90 Å². The molecular formula is C22H25F3N2O4. The molecule has 2 fully saturated rings. The zero-order valence-corrected chi connectivity index (χ0v) is 17.2. The molecule has 9 heteroatoms. The first-order valence-corrected chi connectivity index (χ1v) is 10.5. The molecule has 0 amide bonds. The number of ether oxygens (including phenoxy) is 1. The van der Waals surface area contributed by atoms with Crippen molar-refractivity contribution in [2.24, 2.45) is 11.8 Å². The quantitative estimate of drug-likeness (QED) is 0.679. The number of fused-ring (bicyclic) bond motifs is 1. The van der Waals surface area contributed by atoms with Crippen molar-refractivity contribution in [2.75, 3.05) is 31.8 Å². The van der Waals surface area contributed by atoms with E-state index < -0.39 is 35.6 Å². The number of carboxylic acid groups (broad SMARTS) is 1. The molecule has 1 saturated carbocycles. The summed E-state index contributed by atoms with van der Waals surface area (Å²) in [6, 6.07) is 0.946. The van der Waals surface area contributed by atoms with Gasteiger partial charge in [0.25, 0.3) is 0 Å². The molecular weight excluding hydrogens is 413 g/mol. The zero-order valence-electron chi connectivity index (χ0n) is 17.2. The fourth-order valence-electron chi connectivity index (χ4n) is 4.54. The monoisotopic (exact) mass is 438 g/mol. The molecule has 0 unspecified atom stereocenters. The summed E-state index contributed by atoms with van der Waals surface area (Å²) in [5.41, 5.74) is -1.35. The van der Waals surface area contributed by atoms with Gasteiger partial charge in [-0.3, -0.25) is 4.79 Å². The molecule has 31 heavy (non-hydrogen) atoms. The molecule has 4 rings (SSSR count). The van der Waals surface area contributed by atoms with Crippen LogP contribution in [0.4, 0.5) is 18.9 Å². The van der Waals surface area contributed by atoms with Crippen molar-refractivity contribution in [2.45, 2.75) is 38.4 Å². The number of carbonyl (C=O) groups is 1. The number of methoxy groups -OCH3 is 1. The number of carboxylic acids is 1. The van der Waals surface area contributed by atoms with Crippen molar-refractivity contribution in [3.05, 3.63) is 33.9 Å². The lowest BCUT2D eigenvalue weighted by Crippen LogP contribution is -2.24. The van der Waals surface area contributed by atoms with E-state index in [-0.39, 0.29) is 41.3 Å². The van der Waals surface area contributed by atoms with E-state index in [2.05, 4.69) is 0 Å². The van der Waals surface area contributed by atoms with E-state index in [1.165, 1.54) is 24.5 Å². The summed E-state index contributed by atoms with van der Waals surface area (Å²) in [7, 11) is 1.29. The minimum Gasteiger partial charge on any atom is -0.492 e. The Morgan fingerprint density at radius 1 is 1.29 bits per heavy atom. The summed E-state index contributed by atoms with van der Waals surface area (Å²) in [6.07, 6.45) is 3.99. The molecule has 1 aliphatic carbocycles. The smallest absolute Gasteiger partial charge is 0.341 e. The Balaban J connectivity index is 1.81. The van der Waals surface area contributed by atoms with Gasteiger partial charge in [-0.25, -0.2) is 18.0 Å². The van der Waals surface area contributed by atoms with Crippen molar-refractivity contribution in [3.8, 4) is 5.75 Å². The number of aromatic carboxylic acids is 1. The highest BCUT2D eigenvalue weighted by atomic mass is 19.1. The van der Waals surface area contributed by atoms with Gasteiger partial charge in [-0.05, 0) is 18.4 Å². The van der Waals surface area contributed by atoms with Crippen LogP contribution in [0.3, 0.4) is 0 Å². The van der Waals surface area contributed by atoms with Crippen molar-refractivity contribution in [1.29, 1.82) is 0 Å². The fraction of sp³-hybridized carbons (Fsp3) is 0.545. The summed E-state index contributed by atoms with van der Waals surface area (Å²) in [5, 5.41) is 9.10. The molecule has 1 N–H and O–H groups in total. The summed E-state index contributed by atoms with van der Waals surface area (Å²) in [5.74, 6) is -1.85. The van der Waals surface area contributed by atoms with Gasteiger partial charge >= 0.3 is 5.97 Å². The second-order valence-electron chi connectivity index (χ2n) is 8.40. The predicted molar refractivity (Wildman–Crippen MR) is 110 cm³/mol. The Labute approximate surface area is 177 Å². The summed E-state index contributed by atoms with van der Waals surface area (Å²) >= 11 is 0. The van der Waals surface area contributed by atoms with Gasteiger partial charge in [0.05, 0.1) is 24.6 Å². The average Bonchev–Trinajstić information content (AvgIpc) is 3.49. The van der Waals surface area contributed by atoms with Gasteiger partial charge in [0.15, 0.2) is 11.6 Å². The van der Waals surface area contributed by atoms with Crippen molar-refractivity contribution in [3.63, 3.8) is 0 Å². The summed E-state index contributed by atoms with van der Waals surface area (Å²) in [4.78, 5) is 25.7. The number of alkyl halides is 2. The number of anilines is 1. The summed E-state index contributed by atoms with van der Waals surface area (Å²) < 4.78 is 49.8. The Morgan fingerprint density at radius 3 is 2.65 bits per heavy atom. The van der Waals surface area contributed by atoms with Crippen LogP contribution in [-0.2, 0) is 6.54 Å². The number of hydrogen-bond donors (Lipinski definition) is 1. The van der Waals surface area contributed by atoms with Gasteiger partial charge in [0.2, 0.25) is 5.43 Å². The van der Waals surface area contributed by atoms with Gasteiger partial charge in [0, 0.05) is 25.2 Å². The minimum atomic E-state index is -1.48. The third-order valence-corrected chi connectivity index (χ3v) is 6.32. The van der Waals surface area contributed by atoms with Crippen LogP contribution in [-0.4, -0.2) is 48.7 Å². The largest absolute Gasteiger partial charge is 0.492 e. The third kappa shape index (κ3) is 3.97. The Bertz CT molecular complexity index is 1070. The number of nitrogens with zero attached hydrogens (tertiary/aromatic N) is 2. The van der Waals surface area contributed by atoms with E-state index in [1.807, 2.05) is 0 Å². The predicted octanol–water partition coefficient (Wildman–Crippen LogP) is 3.78. The SMILES string of the molecule is COc1c(N2C[C@H](CCC3CC3)[C@H](F)C2)c(F)cc2c(=O)c(C(=O)O)cn(CCF)c12. The van der Waals surface area contributed by atoms with E-state index in [0.29, 0.717) is 12.5 Å². The van der Waals surface area contributed by atoms with Gasteiger partial charge in [-0.15, -0.1) is 0 Å². The molecule has 0 spiro atoms. The average molecular weight is 438 g/mol. The van der Waals surface area contributed by atoms with Crippen LogP contribution in [0.1, 0.15) is 36.0 Å². The molecule has 2 aliphatic rings. The molecule has 2 heterocycles. The van der Waals surface area contributed by atoms with Crippen molar-refractivity contribution in [1.82, 2.24) is 4.57 Å². The lowest BCUT2D eigenvalue weighted by atomic mass is 9.99. The lowest BCUT2D eigenvalue weighted by molar-refractivity contribution is 0.0694. The number of aromatic nitrogens is 1. The minimum absolute atomic E-state index is 0.00528. The van der Waals surface area contributed by atoms with Crippen molar-refractivity contribution < 1.29 is 27.8 Å². The van der Waals surface area contributed by atoms with Crippen LogP contribution in [0.2, 0.25) is 0 Å². The van der Waals surface area contributed by atoms with E-state index in [4.69, 9.17) is 4.74 Å². The van der Waals surface area contributed by atoms with Crippen LogP contribution in [0, 0.1) is 17.7 Å². The van der Waals surface area contributed by atoms with Crippen LogP contribution < -0.4 is 15.1 Å². The molecule has 1 saturated heterocycles. The maximum atomic E-state index is 15.2. The van der Waals surface area contributed by atoms with E-state index in [0.717, 1.165) is 25.1 Å². The molecule has 1 aromatic heterocycles. The van der Waals surface area contributed by atoms with Crippen LogP contribution in [0.5, 0.6) is 5.75 Å². The number of pyridine rings is 1. The third-order valence-electron chi connectivity index (χ3n) is 6.32. The second kappa shape index (κ2) is 8.43. The van der Waals surface area contributed by atoms with E-state index >= 15 is 4.39 Å². The van der Waals surface area contributed by atoms with Gasteiger partial charge < -0.3 is 19.3 Å². The lowest BCUT2D eigenvalue weighted by Gasteiger charge is -2.24. The highest BCUT2D eigenvalue weighted by molar-refractivity contribution is 5.97. The number of halogens is 3. The van der Waals surface area contributed by atoms with Gasteiger partial charge in [-0.1, -0.05) is 19.3 Å². The van der Waals surface area contributed by atoms with Gasteiger partial charge in [0.1, 0.15) is 24.1 Å². The highest BCUT2D eigenvalue weighted by Gasteiger charge is 2.37. The van der Waals surface area contributed by atoms with Gasteiger partial charge in [-0.2, -0.15) is 0 Å². The molecule has 1 aromatic carbocycles. The van der Waals surface area contributed by atoms with Crippen molar-refractivity contribution >= 4 is 22.6 Å². The zero-order chi connectivity index (χ0) is 22.3. The Hall–Kier alpha value is -2.71. The van der Waals surface area contributed by atoms with E-state index in [9.17, 15) is 23.5 Å². The fourth-order valence-corrected chi connectivity index (χ4v) is 4.54. The maximum Gasteiger partial charge on any atom is 0.341 e. The topological polar surface area (TPSA) is 71.8 Å². The Kier molecular flexibility index (Phi) is 5.85. The number of benzene rings is 1. The number of aryl methyl sites for hydroxylation is 1. The summed E-state index contributed by atoms with van der Waals surface area (Å²) in [6.45, 7) is -0.761. The van der Waals surface area contributed by atoms with Crippen LogP contribution >= 0.6 is 0 Å². The molecule has 1 aliphatic heterocycles. The first kappa shape index (κ1) is 21.5. The molecule has 2 aromatic rings.